The Hall–Kier alpha value is -2.09. The van der Waals surface area contributed by atoms with Crippen LogP contribution in [0.3, 0.4) is 0 Å². The predicted octanol–water partition coefficient (Wildman–Crippen LogP) is 1.10. The summed E-state index contributed by atoms with van der Waals surface area (Å²) in [5.74, 6) is 0.759. The zero-order chi connectivity index (χ0) is 20.1. The van der Waals surface area contributed by atoms with E-state index in [2.05, 4.69) is 17.1 Å². The number of carbonyl (C=O) groups excluding carboxylic acids is 1. The van der Waals surface area contributed by atoms with E-state index in [9.17, 15) is 14.4 Å². The van der Waals surface area contributed by atoms with Crippen LogP contribution in [0.4, 0.5) is 16.2 Å². The zero-order valence-corrected chi connectivity index (χ0v) is 17.0. The molecule has 0 radical (unpaired) electrons. The SMILES string of the molecule is CCOC(=O)N1CCN(c2c(NCCCN3CCC[C@@H](C)C3)c(=O)c2=O)CC1. The Morgan fingerprint density at radius 3 is 2.57 bits per heavy atom. The first-order valence-corrected chi connectivity index (χ1v) is 10.5. The molecule has 0 aliphatic carbocycles. The number of piperidine rings is 1. The van der Waals surface area contributed by atoms with Gasteiger partial charge in [0.2, 0.25) is 0 Å². The molecule has 0 spiro atoms. The van der Waals surface area contributed by atoms with Gasteiger partial charge in [0, 0.05) is 39.3 Å². The normalized spacial score (nSPS) is 21.1. The average molecular weight is 393 g/mol. The van der Waals surface area contributed by atoms with Crippen molar-refractivity contribution in [3.63, 3.8) is 0 Å². The monoisotopic (exact) mass is 392 g/mol. The first kappa shape index (κ1) is 20.6. The largest absolute Gasteiger partial charge is 0.450 e. The molecule has 2 aliphatic heterocycles. The lowest BCUT2D eigenvalue weighted by atomic mass is 10.0. The van der Waals surface area contributed by atoms with Crippen LogP contribution >= 0.6 is 0 Å². The third kappa shape index (κ3) is 4.66. The van der Waals surface area contributed by atoms with E-state index in [0.717, 1.165) is 32.0 Å². The van der Waals surface area contributed by atoms with Crippen molar-refractivity contribution in [2.24, 2.45) is 5.92 Å². The minimum atomic E-state index is -0.422. The molecular formula is C20H32N4O4. The molecule has 0 bridgehead atoms. The predicted molar refractivity (Wildman–Crippen MR) is 110 cm³/mol. The number of nitrogens with zero attached hydrogens (tertiary/aromatic N) is 3. The Bertz CT molecular complexity index is 735. The molecule has 1 N–H and O–H groups in total. The smallest absolute Gasteiger partial charge is 0.409 e. The van der Waals surface area contributed by atoms with Crippen LogP contribution in [0.25, 0.3) is 0 Å². The van der Waals surface area contributed by atoms with Crippen LogP contribution in [-0.4, -0.2) is 74.9 Å². The summed E-state index contributed by atoms with van der Waals surface area (Å²) in [7, 11) is 0. The van der Waals surface area contributed by atoms with Crippen LogP contribution in [0.5, 0.6) is 0 Å². The van der Waals surface area contributed by atoms with Gasteiger partial charge in [-0.25, -0.2) is 4.79 Å². The zero-order valence-electron chi connectivity index (χ0n) is 17.0. The molecule has 0 aromatic heterocycles. The van der Waals surface area contributed by atoms with E-state index < -0.39 is 10.9 Å². The van der Waals surface area contributed by atoms with Crippen molar-refractivity contribution in [1.29, 1.82) is 0 Å². The molecule has 1 amide bonds. The second-order valence-corrected chi connectivity index (χ2v) is 7.88. The number of likely N-dealkylation sites (tertiary alicyclic amines) is 1. The summed E-state index contributed by atoms with van der Waals surface area (Å²) in [6, 6.07) is 0. The fraction of sp³-hybridized carbons (Fsp3) is 0.750. The fourth-order valence-electron chi connectivity index (χ4n) is 4.18. The van der Waals surface area contributed by atoms with E-state index in [-0.39, 0.29) is 6.09 Å². The van der Waals surface area contributed by atoms with Gasteiger partial charge in [0.05, 0.1) is 6.61 Å². The summed E-state index contributed by atoms with van der Waals surface area (Å²) in [5.41, 5.74) is 0.0908. The quantitative estimate of drug-likeness (QED) is 0.549. The maximum atomic E-state index is 12.1. The molecule has 8 nitrogen and oxygen atoms in total. The van der Waals surface area contributed by atoms with Gasteiger partial charge in [-0.3, -0.25) is 9.59 Å². The Kier molecular flexibility index (Phi) is 6.93. The molecule has 1 atom stereocenters. The molecule has 2 saturated heterocycles. The Labute approximate surface area is 166 Å². The van der Waals surface area contributed by atoms with Crippen LogP contribution in [0, 0.1) is 5.92 Å². The van der Waals surface area contributed by atoms with Gasteiger partial charge in [-0.2, -0.15) is 0 Å². The van der Waals surface area contributed by atoms with Crippen molar-refractivity contribution < 1.29 is 9.53 Å². The molecule has 2 aliphatic rings. The third-order valence-electron chi connectivity index (χ3n) is 5.70. The van der Waals surface area contributed by atoms with Crippen molar-refractivity contribution in [3.8, 4) is 0 Å². The minimum absolute atomic E-state index is 0.322. The van der Waals surface area contributed by atoms with Crippen molar-refractivity contribution in [1.82, 2.24) is 9.80 Å². The number of nitrogens with one attached hydrogen (secondary N) is 1. The van der Waals surface area contributed by atoms with Crippen LogP contribution < -0.4 is 21.1 Å². The van der Waals surface area contributed by atoms with E-state index in [1.807, 2.05) is 4.90 Å². The van der Waals surface area contributed by atoms with Crippen molar-refractivity contribution >= 4 is 17.5 Å². The maximum Gasteiger partial charge on any atom is 0.409 e. The van der Waals surface area contributed by atoms with Gasteiger partial charge >= 0.3 is 6.09 Å². The molecular weight excluding hydrogens is 360 g/mol. The van der Waals surface area contributed by atoms with E-state index >= 15 is 0 Å². The van der Waals surface area contributed by atoms with Gasteiger partial charge < -0.3 is 24.8 Å². The molecule has 1 aromatic carbocycles. The second-order valence-electron chi connectivity index (χ2n) is 7.88. The number of hydrogen-bond donors (Lipinski definition) is 1. The maximum absolute atomic E-state index is 12.1. The van der Waals surface area contributed by atoms with E-state index in [4.69, 9.17) is 4.74 Å². The lowest BCUT2D eigenvalue weighted by Gasteiger charge is -2.36. The lowest BCUT2D eigenvalue weighted by Crippen LogP contribution is -2.53. The van der Waals surface area contributed by atoms with E-state index in [0.29, 0.717) is 50.7 Å². The molecule has 0 unspecified atom stereocenters. The van der Waals surface area contributed by atoms with E-state index in [1.165, 1.54) is 12.8 Å². The lowest BCUT2D eigenvalue weighted by molar-refractivity contribution is 0.105. The van der Waals surface area contributed by atoms with Gasteiger partial charge in [0.15, 0.2) is 0 Å². The molecule has 156 valence electrons. The average Bonchev–Trinajstić information content (AvgIpc) is 2.70. The number of rotatable bonds is 7. The highest BCUT2D eigenvalue weighted by Crippen LogP contribution is 2.22. The topological polar surface area (TPSA) is 82.2 Å². The standard InChI is InChI=1S/C20H32N4O4/c1-3-28-20(27)24-12-10-23(11-13-24)17-16(18(25)19(17)26)21-7-5-9-22-8-4-6-15(2)14-22/h15,21H,3-14H2,1-2H3/t15-/m1/s1. The second kappa shape index (κ2) is 9.41. The van der Waals surface area contributed by atoms with Gasteiger partial charge in [-0.05, 0) is 45.2 Å². The highest BCUT2D eigenvalue weighted by Gasteiger charge is 2.30. The number of anilines is 2. The molecule has 8 heteroatoms. The number of amides is 1. The highest BCUT2D eigenvalue weighted by atomic mass is 16.6. The fourth-order valence-corrected chi connectivity index (χ4v) is 4.18. The van der Waals surface area contributed by atoms with E-state index in [1.54, 1.807) is 11.8 Å². The van der Waals surface area contributed by atoms with Crippen LogP contribution in [-0.2, 0) is 4.74 Å². The number of piperazine rings is 1. The number of carbonyl (C=O) groups is 1. The summed E-state index contributed by atoms with van der Waals surface area (Å²) >= 11 is 0. The van der Waals surface area contributed by atoms with Gasteiger partial charge in [-0.1, -0.05) is 6.92 Å². The highest BCUT2D eigenvalue weighted by molar-refractivity contribution is 5.76. The van der Waals surface area contributed by atoms with Crippen molar-refractivity contribution in [2.45, 2.75) is 33.1 Å². The van der Waals surface area contributed by atoms with Gasteiger partial charge in [0.25, 0.3) is 10.9 Å². The Morgan fingerprint density at radius 2 is 1.89 bits per heavy atom. The van der Waals surface area contributed by atoms with Crippen molar-refractivity contribution in [3.05, 3.63) is 20.4 Å². The van der Waals surface area contributed by atoms with Gasteiger partial charge in [-0.15, -0.1) is 0 Å². The minimum Gasteiger partial charge on any atom is -0.450 e. The van der Waals surface area contributed by atoms with Crippen LogP contribution in [0.15, 0.2) is 9.59 Å². The number of ether oxygens (including phenoxy) is 1. The summed E-state index contributed by atoms with van der Waals surface area (Å²) in [6.45, 7) is 10.5. The number of hydrogen-bond acceptors (Lipinski definition) is 7. The summed E-state index contributed by atoms with van der Waals surface area (Å²) in [5, 5.41) is 3.19. The Morgan fingerprint density at radius 1 is 1.14 bits per heavy atom. The summed E-state index contributed by atoms with van der Waals surface area (Å²) in [4.78, 5) is 41.9. The molecule has 3 rings (SSSR count). The molecule has 2 fully saturated rings. The summed E-state index contributed by atoms with van der Waals surface area (Å²) < 4.78 is 5.02. The molecule has 0 saturated carbocycles. The van der Waals surface area contributed by atoms with Crippen molar-refractivity contribution in [2.75, 3.05) is 69.2 Å². The Balaban J connectivity index is 1.47. The molecule has 28 heavy (non-hydrogen) atoms. The van der Waals surface area contributed by atoms with Crippen LogP contribution in [0.1, 0.15) is 33.1 Å². The van der Waals surface area contributed by atoms with Crippen LogP contribution in [0.2, 0.25) is 0 Å². The first-order chi connectivity index (χ1) is 13.5. The first-order valence-electron chi connectivity index (χ1n) is 10.5. The molecule has 2 heterocycles. The third-order valence-corrected chi connectivity index (χ3v) is 5.70. The molecule has 1 aromatic rings. The van der Waals surface area contributed by atoms with Gasteiger partial charge in [0.1, 0.15) is 11.4 Å². The summed E-state index contributed by atoms with van der Waals surface area (Å²) in [6.07, 6.45) is 3.19.